The van der Waals surface area contributed by atoms with Crippen molar-refractivity contribution in [3.8, 4) is 0 Å². The van der Waals surface area contributed by atoms with Gasteiger partial charge in [-0.05, 0) is 31.0 Å². The highest BCUT2D eigenvalue weighted by atomic mass is 35.5. The van der Waals surface area contributed by atoms with Crippen LogP contribution in [0, 0.1) is 6.92 Å². The minimum Gasteiger partial charge on any atom is -0.324 e. The second-order valence-corrected chi connectivity index (χ2v) is 4.74. The minimum atomic E-state index is -0.118. The van der Waals surface area contributed by atoms with Crippen molar-refractivity contribution in [2.45, 2.75) is 26.8 Å². The smallest absolute Gasteiger partial charge is 0.246 e. The number of halogens is 1. The van der Waals surface area contributed by atoms with Gasteiger partial charge in [0.1, 0.15) is 6.54 Å². The van der Waals surface area contributed by atoms with Gasteiger partial charge in [-0.1, -0.05) is 30.7 Å². The number of rotatable bonds is 4. The van der Waals surface area contributed by atoms with Gasteiger partial charge < -0.3 is 5.32 Å². The Morgan fingerprint density at radius 1 is 1.37 bits per heavy atom. The normalized spacial score (nSPS) is 10.5. The number of hydrogen-bond acceptors (Lipinski definition) is 2. The van der Waals surface area contributed by atoms with Gasteiger partial charge in [-0.3, -0.25) is 9.48 Å². The number of carbonyl (C=O) groups is 1. The highest BCUT2D eigenvalue weighted by Gasteiger charge is 2.08. The molecule has 0 fully saturated rings. The molecule has 0 atom stereocenters. The van der Waals surface area contributed by atoms with Crippen LogP contribution < -0.4 is 5.32 Å². The van der Waals surface area contributed by atoms with Crippen LogP contribution in [0.25, 0.3) is 0 Å². The van der Waals surface area contributed by atoms with E-state index in [0.29, 0.717) is 5.02 Å². The van der Waals surface area contributed by atoms with Crippen LogP contribution in [0.5, 0.6) is 0 Å². The summed E-state index contributed by atoms with van der Waals surface area (Å²) in [6.45, 7) is 4.09. The molecular formula is C14H16ClN3O. The first-order chi connectivity index (χ1) is 9.10. The summed E-state index contributed by atoms with van der Waals surface area (Å²) in [5.74, 6) is -0.118. The molecule has 5 heteroatoms. The number of carbonyl (C=O) groups excluding carboxylic acids is 1. The van der Waals surface area contributed by atoms with Gasteiger partial charge in [-0.2, -0.15) is 5.10 Å². The number of nitrogens with one attached hydrogen (secondary N) is 1. The maximum absolute atomic E-state index is 11.9. The summed E-state index contributed by atoms with van der Waals surface area (Å²) in [5.41, 5.74) is 2.82. The van der Waals surface area contributed by atoms with Gasteiger partial charge in [0.05, 0.1) is 16.9 Å². The zero-order chi connectivity index (χ0) is 13.8. The molecule has 0 aliphatic heterocycles. The third kappa shape index (κ3) is 3.35. The van der Waals surface area contributed by atoms with E-state index < -0.39 is 0 Å². The summed E-state index contributed by atoms with van der Waals surface area (Å²) in [6.07, 6.45) is 2.53. The maximum Gasteiger partial charge on any atom is 0.246 e. The minimum absolute atomic E-state index is 0.118. The van der Waals surface area contributed by atoms with Gasteiger partial charge in [0, 0.05) is 5.69 Å². The van der Waals surface area contributed by atoms with Crippen LogP contribution >= 0.6 is 11.6 Å². The lowest BCUT2D eigenvalue weighted by atomic mass is 10.1. The number of hydrogen-bond donors (Lipinski definition) is 1. The molecule has 1 amide bonds. The Morgan fingerprint density at radius 3 is 2.58 bits per heavy atom. The van der Waals surface area contributed by atoms with E-state index in [-0.39, 0.29) is 12.5 Å². The van der Waals surface area contributed by atoms with Crippen LogP contribution in [0.3, 0.4) is 0 Å². The summed E-state index contributed by atoms with van der Waals surface area (Å²) in [4.78, 5) is 11.9. The number of nitrogens with zero attached hydrogens (tertiary/aromatic N) is 2. The Hall–Kier alpha value is -1.81. The third-order valence-electron chi connectivity index (χ3n) is 2.98. The van der Waals surface area contributed by atoms with Crippen molar-refractivity contribution in [3.05, 3.63) is 46.7 Å². The van der Waals surface area contributed by atoms with Crippen molar-refractivity contribution in [2.24, 2.45) is 0 Å². The monoisotopic (exact) mass is 277 g/mol. The van der Waals surface area contributed by atoms with Crippen molar-refractivity contribution >= 4 is 23.2 Å². The van der Waals surface area contributed by atoms with Gasteiger partial charge in [0.2, 0.25) is 5.91 Å². The number of anilines is 1. The average molecular weight is 278 g/mol. The molecule has 2 aromatic rings. The zero-order valence-electron chi connectivity index (χ0n) is 11.0. The molecule has 0 aliphatic rings. The molecule has 1 aromatic heterocycles. The number of amides is 1. The first kappa shape index (κ1) is 13.6. The average Bonchev–Trinajstić information content (AvgIpc) is 2.71. The number of benzene rings is 1. The lowest BCUT2D eigenvalue weighted by molar-refractivity contribution is -0.116. The molecule has 19 heavy (non-hydrogen) atoms. The van der Waals surface area contributed by atoms with Gasteiger partial charge in [-0.15, -0.1) is 0 Å². The van der Waals surface area contributed by atoms with Crippen molar-refractivity contribution in [1.29, 1.82) is 0 Å². The summed E-state index contributed by atoms with van der Waals surface area (Å²) in [7, 11) is 0. The van der Waals surface area contributed by atoms with E-state index in [1.807, 2.05) is 31.2 Å². The van der Waals surface area contributed by atoms with Gasteiger partial charge in [0.15, 0.2) is 0 Å². The zero-order valence-corrected chi connectivity index (χ0v) is 11.7. The van der Waals surface area contributed by atoms with Crippen molar-refractivity contribution < 1.29 is 4.79 Å². The first-order valence-electron chi connectivity index (χ1n) is 6.17. The highest BCUT2D eigenvalue weighted by molar-refractivity contribution is 6.31. The first-order valence-corrected chi connectivity index (χ1v) is 6.54. The lowest BCUT2D eigenvalue weighted by Crippen LogP contribution is -2.20. The highest BCUT2D eigenvalue weighted by Crippen LogP contribution is 2.14. The molecule has 0 saturated heterocycles. The third-order valence-corrected chi connectivity index (χ3v) is 3.35. The molecule has 0 aliphatic carbocycles. The maximum atomic E-state index is 11.9. The fourth-order valence-corrected chi connectivity index (χ4v) is 1.88. The van der Waals surface area contributed by atoms with E-state index in [1.165, 1.54) is 5.56 Å². The Bertz CT molecular complexity index is 575. The lowest BCUT2D eigenvalue weighted by Gasteiger charge is -2.07. The molecule has 0 spiro atoms. The summed E-state index contributed by atoms with van der Waals surface area (Å²) >= 11 is 5.89. The van der Waals surface area contributed by atoms with Crippen LogP contribution in [0.15, 0.2) is 30.5 Å². The molecular weight excluding hydrogens is 262 g/mol. The van der Waals surface area contributed by atoms with Gasteiger partial charge >= 0.3 is 0 Å². The van der Waals surface area contributed by atoms with E-state index in [0.717, 1.165) is 17.8 Å². The Labute approximate surface area is 117 Å². The van der Waals surface area contributed by atoms with Crippen molar-refractivity contribution in [2.75, 3.05) is 5.32 Å². The van der Waals surface area contributed by atoms with Crippen molar-refractivity contribution in [3.63, 3.8) is 0 Å². The molecule has 0 unspecified atom stereocenters. The molecule has 0 bridgehead atoms. The molecule has 0 saturated carbocycles. The topological polar surface area (TPSA) is 46.9 Å². The molecule has 4 nitrogen and oxygen atoms in total. The summed E-state index contributed by atoms with van der Waals surface area (Å²) in [5, 5.41) is 7.45. The van der Waals surface area contributed by atoms with Gasteiger partial charge in [-0.25, -0.2) is 0 Å². The molecule has 1 N–H and O–H groups in total. The second kappa shape index (κ2) is 5.89. The Morgan fingerprint density at radius 2 is 2.05 bits per heavy atom. The van der Waals surface area contributed by atoms with E-state index in [9.17, 15) is 4.79 Å². The molecule has 100 valence electrons. The molecule has 1 aromatic carbocycles. The summed E-state index contributed by atoms with van der Waals surface area (Å²) in [6, 6.07) is 7.82. The van der Waals surface area contributed by atoms with Crippen LogP contribution in [0.2, 0.25) is 5.02 Å². The van der Waals surface area contributed by atoms with E-state index in [1.54, 1.807) is 10.9 Å². The Kier molecular flexibility index (Phi) is 4.22. The number of aromatic nitrogens is 2. The quantitative estimate of drug-likeness (QED) is 0.934. The SMILES string of the molecule is CCc1ccc(NC(=O)Cn2ncc(Cl)c2C)cc1. The van der Waals surface area contributed by atoms with Crippen LogP contribution in [-0.2, 0) is 17.8 Å². The van der Waals surface area contributed by atoms with Crippen LogP contribution in [-0.4, -0.2) is 15.7 Å². The van der Waals surface area contributed by atoms with E-state index >= 15 is 0 Å². The van der Waals surface area contributed by atoms with Crippen LogP contribution in [0.4, 0.5) is 5.69 Å². The van der Waals surface area contributed by atoms with E-state index in [2.05, 4.69) is 17.3 Å². The summed E-state index contributed by atoms with van der Waals surface area (Å²) < 4.78 is 1.58. The Balaban J connectivity index is 1.99. The van der Waals surface area contributed by atoms with Gasteiger partial charge in [0.25, 0.3) is 0 Å². The standard InChI is InChI=1S/C14H16ClN3O/c1-3-11-4-6-12(7-5-11)17-14(19)9-18-10(2)13(15)8-16-18/h4-8H,3,9H2,1-2H3,(H,17,19). The van der Waals surface area contributed by atoms with Crippen LogP contribution in [0.1, 0.15) is 18.2 Å². The largest absolute Gasteiger partial charge is 0.324 e. The molecule has 1 heterocycles. The second-order valence-electron chi connectivity index (χ2n) is 4.33. The fraction of sp³-hybridized carbons (Fsp3) is 0.286. The molecule has 2 rings (SSSR count). The predicted octanol–water partition coefficient (Wildman–Crippen LogP) is 3.05. The molecule has 0 radical (unpaired) electrons. The van der Waals surface area contributed by atoms with E-state index in [4.69, 9.17) is 11.6 Å². The predicted molar refractivity (Wildman–Crippen MR) is 76.4 cm³/mol. The fourth-order valence-electron chi connectivity index (χ4n) is 1.74. The number of aryl methyl sites for hydroxylation is 1. The van der Waals surface area contributed by atoms with Crippen molar-refractivity contribution in [1.82, 2.24) is 9.78 Å².